The van der Waals surface area contributed by atoms with Crippen LogP contribution < -0.4 is 0 Å². The third-order valence-corrected chi connectivity index (χ3v) is 3.14. The van der Waals surface area contributed by atoms with Crippen LogP contribution in [0.15, 0.2) is 0 Å². The summed E-state index contributed by atoms with van der Waals surface area (Å²) in [5.74, 6) is -0.453. The van der Waals surface area contributed by atoms with E-state index in [-0.39, 0.29) is 17.6 Å². The van der Waals surface area contributed by atoms with E-state index in [4.69, 9.17) is 5.11 Å². The minimum atomic E-state index is -0.740. The fraction of sp³-hybridized carbons (Fsp3) is 0.800. The summed E-state index contributed by atoms with van der Waals surface area (Å²) < 4.78 is 0. The monoisotopic (exact) mass is 184 g/mol. The lowest BCUT2D eigenvalue weighted by atomic mass is 9.70. The molecule has 0 amide bonds. The Balaban J connectivity index is 2.60. The van der Waals surface area contributed by atoms with Gasteiger partial charge in [0, 0.05) is 12.8 Å². The maximum Gasteiger partial charge on any atom is 0.303 e. The number of hydrogen-bond acceptors (Lipinski definition) is 2. The second-order valence-corrected chi connectivity index (χ2v) is 3.96. The number of carbonyl (C=O) groups is 2. The van der Waals surface area contributed by atoms with Gasteiger partial charge in [-0.2, -0.15) is 0 Å². The van der Waals surface area contributed by atoms with E-state index in [2.05, 4.69) is 0 Å². The van der Waals surface area contributed by atoms with Crippen LogP contribution in [-0.4, -0.2) is 16.9 Å². The number of ketones is 1. The van der Waals surface area contributed by atoms with Crippen molar-refractivity contribution in [1.82, 2.24) is 0 Å². The lowest BCUT2D eigenvalue weighted by molar-refractivity contribution is -0.141. The van der Waals surface area contributed by atoms with Crippen molar-refractivity contribution in [2.24, 2.45) is 5.41 Å². The van der Waals surface area contributed by atoms with Crippen LogP contribution in [0.2, 0.25) is 0 Å². The van der Waals surface area contributed by atoms with E-state index < -0.39 is 5.97 Å². The van der Waals surface area contributed by atoms with Gasteiger partial charge in [0.25, 0.3) is 0 Å². The van der Waals surface area contributed by atoms with Gasteiger partial charge in [-0.05, 0) is 24.7 Å². The van der Waals surface area contributed by atoms with Crippen LogP contribution in [0, 0.1) is 5.41 Å². The minimum Gasteiger partial charge on any atom is -0.481 e. The zero-order valence-electron chi connectivity index (χ0n) is 8.01. The van der Waals surface area contributed by atoms with Gasteiger partial charge in [-0.3, -0.25) is 9.59 Å². The van der Waals surface area contributed by atoms with E-state index in [1.54, 1.807) is 0 Å². The Hall–Kier alpha value is -0.860. The molecule has 3 heteroatoms. The molecule has 0 aliphatic heterocycles. The molecule has 0 saturated heterocycles. The van der Waals surface area contributed by atoms with Crippen molar-refractivity contribution in [2.45, 2.75) is 45.4 Å². The predicted molar refractivity (Wildman–Crippen MR) is 48.5 cm³/mol. The van der Waals surface area contributed by atoms with E-state index in [1.165, 1.54) is 0 Å². The highest BCUT2D eigenvalue weighted by atomic mass is 16.4. The minimum absolute atomic E-state index is 0.0975. The maximum atomic E-state index is 11.0. The number of carbonyl (C=O) groups excluding carboxylic acids is 1. The number of hydrogen-bond donors (Lipinski definition) is 1. The van der Waals surface area contributed by atoms with Crippen LogP contribution in [0.5, 0.6) is 0 Å². The Kier molecular flexibility index (Phi) is 3.07. The SMILES string of the molecule is CCC1(CC(=O)O)CCC(=O)CC1. The van der Waals surface area contributed by atoms with Crippen molar-refractivity contribution < 1.29 is 14.7 Å². The third-order valence-electron chi connectivity index (χ3n) is 3.14. The summed E-state index contributed by atoms with van der Waals surface area (Å²) in [5, 5.41) is 8.74. The Morgan fingerprint density at radius 3 is 2.38 bits per heavy atom. The molecule has 1 aliphatic rings. The summed E-state index contributed by atoms with van der Waals surface area (Å²) >= 11 is 0. The summed E-state index contributed by atoms with van der Waals surface area (Å²) in [6.07, 6.45) is 3.74. The summed E-state index contributed by atoms with van der Waals surface area (Å²) in [6, 6.07) is 0. The third kappa shape index (κ3) is 2.54. The fourth-order valence-electron chi connectivity index (χ4n) is 2.04. The summed E-state index contributed by atoms with van der Waals surface area (Å²) in [4.78, 5) is 21.6. The highest BCUT2D eigenvalue weighted by Gasteiger charge is 2.34. The first-order valence-corrected chi connectivity index (χ1v) is 4.81. The molecule has 1 fully saturated rings. The molecule has 74 valence electrons. The van der Waals surface area contributed by atoms with E-state index in [0.29, 0.717) is 12.8 Å². The number of rotatable bonds is 3. The zero-order valence-corrected chi connectivity index (χ0v) is 8.01. The van der Waals surface area contributed by atoms with Crippen molar-refractivity contribution in [1.29, 1.82) is 0 Å². The van der Waals surface area contributed by atoms with E-state index in [1.807, 2.05) is 6.92 Å². The molecular weight excluding hydrogens is 168 g/mol. The van der Waals surface area contributed by atoms with Gasteiger partial charge < -0.3 is 5.11 Å². The molecule has 0 unspecified atom stereocenters. The molecule has 0 radical (unpaired) electrons. The van der Waals surface area contributed by atoms with E-state index >= 15 is 0 Å². The molecule has 0 atom stereocenters. The maximum absolute atomic E-state index is 11.0. The lowest BCUT2D eigenvalue weighted by Gasteiger charge is -2.34. The average Bonchev–Trinajstić information content (AvgIpc) is 2.09. The molecule has 1 N–H and O–H groups in total. The van der Waals surface area contributed by atoms with Crippen LogP contribution >= 0.6 is 0 Å². The predicted octanol–water partition coefficient (Wildman–Crippen LogP) is 2.00. The average molecular weight is 184 g/mol. The normalized spacial score (nSPS) is 21.5. The van der Waals surface area contributed by atoms with Gasteiger partial charge in [-0.1, -0.05) is 6.92 Å². The first-order valence-electron chi connectivity index (χ1n) is 4.81. The highest BCUT2D eigenvalue weighted by Crippen LogP contribution is 2.40. The fourth-order valence-corrected chi connectivity index (χ4v) is 2.04. The van der Waals surface area contributed by atoms with Crippen molar-refractivity contribution >= 4 is 11.8 Å². The van der Waals surface area contributed by atoms with Crippen molar-refractivity contribution in [2.75, 3.05) is 0 Å². The second-order valence-electron chi connectivity index (χ2n) is 3.96. The van der Waals surface area contributed by atoms with E-state index in [0.717, 1.165) is 19.3 Å². The summed E-state index contributed by atoms with van der Waals surface area (Å²) in [7, 11) is 0. The van der Waals surface area contributed by atoms with Gasteiger partial charge in [0.2, 0.25) is 0 Å². The van der Waals surface area contributed by atoms with Crippen LogP contribution in [0.4, 0.5) is 0 Å². The van der Waals surface area contributed by atoms with Crippen LogP contribution in [0.3, 0.4) is 0 Å². The topological polar surface area (TPSA) is 54.4 Å². The van der Waals surface area contributed by atoms with Crippen LogP contribution in [0.1, 0.15) is 45.4 Å². The van der Waals surface area contributed by atoms with Gasteiger partial charge in [0.15, 0.2) is 0 Å². The Bertz CT molecular complexity index is 210. The molecule has 1 rings (SSSR count). The number of carboxylic acid groups (broad SMARTS) is 1. The quantitative estimate of drug-likeness (QED) is 0.729. The molecule has 1 aliphatic carbocycles. The van der Waals surface area contributed by atoms with E-state index in [9.17, 15) is 9.59 Å². The van der Waals surface area contributed by atoms with Crippen molar-refractivity contribution in [3.63, 3.8) is 0 Å². The second kappa shape index (κ2) is 3.90. The Morgan fingerprint density at radius 2 is 2.00 bits per heavy atom. The van der Waals surface area contributed by atoms with Gasteiger partial charge >= 0.3 is 5.97 Å². The molecule has 0 spiro atoms. The Morgan fingerprint density at radius 1 is 1.46 bits per heavy atom. The smallest absolute Gasteiger partial charge is 0.303 e. The molecule has 0 bridgehead atoms. The van der Waals surface area contributed by atoms with Gasteiger partial charge in [-0.25, -0.2) is 0 Å². The molecule has 0 heterocycles. The molecule has 3 nitrogen and oxygen atoms in total. The number of aliphatic carboxylic acids is 1. The number of carboxylic acids is 1. The molecule has 1 saturated carbocycles. The van der Waals surface area contributed by atoms with Gasteiger partial charge in [-0.15, -0.1) is 0 Å². The molecule has 0 aromatic rings. The van der Waals surface area contributed by atoms with Crippen LogP contribution in [0.25, 0.3) is 0 Å². The van der Waals surface area contributed by atoms with Crippen molar-refractivity contribution in [3.05, 3.63) is 0 Å². The first kappa shape index (κ1) is 10.2. The molecule has 0 aromatic heterocycles. The largest absolute Gasteiger partial charge is 0.481 e. The van der Waals surface area contributed by atoms with Crippen molar-refractivity contribution in [3.8, 4) is 0 Å². The number of Topliss-reactive ketones (excluding diaryl/α,β-unsaturated/α-hetero) is 1. The molecular formula is C10H16O3. The summed E-state index contributed by atoms with van der Waals surface area (Å²) in [6.45, 7) is 2.01. The zero-order chi connectivity index (χ0) is 9.90. The molecule has 0 aromatic carbocycles. The van der Waals surface area contributed by atoms with Gasteiger partial charge in [0.1, 0.15) is 5.78 Å². The van der Waals surface area contributed by atoms with Gasteiger partial charge in [0.05, 0.1) is 6.42 Å². The lowest BCUT2D eigenvalue weighted by Crippen LogP contribution is -2.29. The summed E-state index contributed by atoms with van der Waals surface area (Å²) in [5.41, 5.74) is -0.0975. The first-order chi connectivity index (χ1) is 6.08. The highest BCUT2D eigenvalue weighted by molar-refractivity contribution is 5.79. The van der Waals surface area contributed by atoms with Crippen LogP contribution in [-0.2, 0) is 9.59 Å². The Labute approximate surface area is 78.1 Å². The molecule has 13 heavy (non-hydrogen) atoms. The standard InChI is InChI=1S/C10H16O3/c1-2-10(7-9(12)13)5-3-8(11)4-6-10/h2-7H2,1H3,(H,12,13).